The SMILES string of the molecule is CCOC(=O)C1=C[C@@H](C2CC2)c2c(cc([N+](=O)[O-])c(F)c2C)C1=O. The van der Waals surface area contributed by atoms with E-state index in [0.717, 1.165) is 18.9 Å². The average Bonchev–Trinajstić information content (AvgIpc) is 3.35. The first-order chi connectivity index (χ1) is 11.4. The number of Topliss-reactive ketones (excluding diaryl/α,β-unsaturated/α-hetero) is 1. The lowest BCUT2D eigenvalue weighted by Crippen LogP contribution is -2.25. The Labute approximate surface area is 137 Å². The number of halogens is 1. The Kier molecular flexibility index (Phi) is 3.95. The van der Waals surface area contributed by atoms with Crippen LogP contribution in [0, 0.1) is 28.8 Å². The quantitative estimate of drug-likeness (QED) is 0.365. The number of allylic oxidation sites excluding steroid dienone is 1. The van der Waals surface area contributed by atoms with Gasteiger partial charge < -0.3 is 4.74 Å². The Morgan fingerprint density at radius 2 is 2.12 bits per heavy atom. The third-order valence-electron chi connectivity index (χ3n) is 4.52. The standard InChI is InChI=1S/C17H16FNO5/c1-3-24-17(21)12-6-10(9-4-5-9)14-8(2)15(18)13(19(22)23)7-11(14)16(12)20/h6-7,9-10H,3-5H2,1-2H3/t10-/m0/s1. The van der Waals surface area contributed by atoms with E-state index >= 15 is 0 Å². The number of rotatable bonds is 4. The maximum atomic E-state index is 14.3. The van der Waals surface area contributed by atoms with E-state index in [1.54, 1.807) is 13.0 Å². The fraction of sp³-hybridized carbons (Fsp3) is 0.412. The van der Waals surface area contributed by atoms with E-state index in [2.05, 4.69) is 0 Å². The van der Waals surface area contributed by atoms with Gasteiger partial charge in [0.25, 0.3) is 0 Å². The summed E-state index contributed by atoms with van der Waals surface area (Å²) in [5.74, 6) is -2.41. The molecule has 24 heavy (non-hydrogen) atoms. The van der Waals surface area contributed by atoms with Crippen LogP contribution in [0.5, 0.6) is 0 Å². The summed E-state index contributed by atoms with van der Waals surface area (Å²) in [7, 11) is 0. The molecule has 7 heteroatoms. The number of nitro groups is 1. The second-order valence-electron chi connectivity index (χ2n) is 6.05. The number of nitrogens with zero attached hydrogens (tertiary/aromatic N) is 1. The molecule has 0 heterocycles. The Morgan fingerprint density at radius 1 is 1.46 bits per heavy atom. The minimum atomic E-state index is -0.926. The van der Waals surface area contributed by atoms with Crippen LogP contribution in [0.4, 0.5) is 10.1 Å². The van der Waals surface area contributed by atoms with Crippen molar-refractivity contribution < 1.29 is 23.6 Å². The van der Waals surface area contributed by atoms with E-state index in [0.29, 0.717) is 5.56 Å². The van der Waals surface area contributed by atoms with Crippen LogP contribution in [-0.2, 0) is 9.53 Å². The number of fused-ring (bicyclic) bond motifs is 1. The predicted octanol–water partition coefficient (Wildman–Crippen LogP) is 3.22. The molecular formula is C17H16FNO5. The summed E-state index contributed by atoms with van der Waals surface area (Å²) in [6.45, 7) is 3.18. The summed E-state index contributed by atoms with van der Waals surface area (Å²) in [6.07, 6.45) is 3.35. The van der Waals surface area contributed by atoms with Crippen LogP contribution < -0.4 is 0 Å². The maximum absolute atomic E-state index is 14.3. The Bertz CT molecular complexity index is 795. The van der Waals surface area contributed by atoms with Gasteiger partial charge in [-0.15, -0.1) is 0 Å². The molecule has 3 rings (SSSR count). The lowest BCUT2D eigenvalue weighted by atomic mass is 9.78. The number of ketones is 1. The van der Waals surface area contributed by atoms with Gasteiger partial charge in [0.15, 0.2) is 0 Å². The van der Waals surface area contributed by atoms with E-state index in [-0.39, 0.29) is 35.1 Å². The molecule has 126 valence electrons. The van der Waals surface area contributed by atoms with Crippen molar-refractivity contribution in [3.8, 4) is 0 Å². The predicted molar refractivity (Wildman–Crippen MR) is 82.3 cm³/mol. The van der Waals surface area contributed by atoms with Gasteiger partial charge in [-0.1, -0.05) is 6.08 Å². The van der Waals surface area contributed by atoms with Crippen LogP contribution in [0.15, 0.2) is 17.7 Å². The number of carbonyl (C=O) groups is 2. The lowest BCUT2D eigenvalue weighted by Gasteiger charge is -2.25. The van der Waals surface area contributed by atoms with Crippen molar-refractivity contribution in [1.82, 2.24) is 0 Å². The van der Waals surface area contributed by atoms with Crippen LogP contribution >= 0.6 is 0 Å². The zero-order chi connectivity index (χ0) is 17.6. The van der Waals surface area contributed by atoms with Crippen LogP contribution in [0.1, 0.15) is 47.2 Å². The third kappa shape index (κ3) is 2.50. The van der Waals surface area contributed by atoms with Crippen molar-refractivity contribution in [3.63, 3.8) is 0 Å². The minimum Gasteiger partial charge on any atom is -0.462 e. The zero-order valence-electron chi connectivity index (χ0n) is 13.3. The fourth-order valence-electron chi connectivity index (χ4n) is 3.22. The van der Waals surface area contributed by atoms with Crippen molar-refractivity contribution >= 4 is 17.4 Å². The van der Waals surface area contributed by atoms with Gasteiger partial charge >= 0.3 is 11.7 Å². The third-order valence-corrected chi connectivity index (χ3v) is 4.52. The van der Waals surface area contributed by atoms with E-state index in [1.165, 1.54) is 6.92 Å². The molecule has 0 saturated heterocycles. The van der Waals surface area contributed by atoms with Crippen LogP contribution in [-0.4, -0.2) is 23.3 Å². The van der Waals surface area contributed by atoms with Gasteiger partial charge in [-0.2, -0.15) is 4.39 Å². The summed E-state index contributed by atoms with van der Waals surface area (Å²) in [5, 5.41) is 11.1. The molecule has 0 amide bonds. The highest BCUT2D eigenvalue weighted by Crippen LogP contribution is 2.49. The van der Waals surface area contributed by atoms with Crippen LogP contribution in [0.3, 0.4) is 0 Å². The first-order valence-electron chi connectivity index (χ1n) is 7.77. The van der Waals surface area contributed by atoms with Crippen LogP contribution in [0.2, 0.25) is 0 Å². The van der Waals surface area contributed by atoms with Gasteiger partial charge in [0.1, 0.15) is 5.57 Å². The Hall–Kier alpha value is -2.57. The minimum absolute atomic E-state index is 0.0306. The molecule has 0 spiro atoms. The van der Waals surface area contributed by atoms with E-state index in [1.807, 2.05) is 0 Å². The molecule has 0 radical (unpaired) electrons. The summed E-state index contributed by atoms with van der Waals surface area (Å²) in [4.78, 5) is 34.9. The Morgan fingerprint density at radius 3 is 2.67 bits per heavy atom. The molecule has 2 aliphatic rings. The summed E-state index contributed by atoms with van der Waals surface area (Å²) < 4.78 is 19.2. The van der Waals surface area contributed by atoms with Crippen molar-refractivity contribution in [2.45, 2.75) is 32.6 Å². The van der Waals surface area contributed by atoms with Gasteiger partial charge in [0.05, 0.1) is 11.5 Å². The van der Waals surface area contributed by atoms with Gasteiger partial charge in [0, 0.05) is 17.5 Å². The van der Waals surface area contributed by atoms with Crippen LogP contribution in [0.25, 0.3) is 0 Å². The van der Waals surface area contributed by atoms with Gasteiger partial charge in [-0.25, -0.2) is 4.79 Å². The number of hydrogen-bond acceptors (Lipinski definition) is 5. The van der Waals surface area contributed by atoms with Gasteiger partial charge in [-0.3, -0.25) is 14.9 Å². The average molecular weight is 333 g/mol. The van der Waals surface area contributed by atoms with E-state index < -0.39 is 28.2 Å². The summed E-state index contributed by atoms with van der Waals surface area (Å²) in [6, 6.07) is 0.946. The monoisotopic (exact) mass is 333 g/mol. The summed E-state index contributed by atoms with van der Waals surface area (Å²) >= 11 is 0. The van der Waals surface area contributed by atoms with E-state index in [9.17, 15) is 24.1 Å². The normalized spacial score (nSPS) is 19.5. The number of nitro benzene ring substituents is 1. The highest BCUT2D eigenvalue weighted by molar-refractivity contribution is 6.26. The number of esters is 1. The number of benzene rings is 1. The Balaban J connectivity index is 2.20. The molecule has 0 aromatic heterocycles. The van der Waals surface area contributed by atoms with Gasteiger partial charge in [0.2, 0.25) is 11.6 Å². The van der Waals surface area contributed by atoms with Crippen molar-refractivity contribution in [2.75, 3.05) is 6.61 Å². The topological polar surface area (TPSA) is 86.5 Å². The molecule has 1 aromatic carbocycles. The molecular weight excluding hydrogens is 317 g/mol. The molecule has 1 fully saturated rings. The second kappa shape index (κ2) is 5.81. The molecule has 0 unspecified atom stereocenters. The molecule has 1 saturated carbocycles. The maximum Gasteiger partial charge on any atom is 0.341 e. The van der Waals surface area contributed by atoms with Crippen molar-refractivity contribution in [2.24, 2.45) is 5.92 Å². The molecule has 1 atom stereocenters. The smallest absolute Gasteiger partial charge is 0.341 e. The highest BCUT2D eigenvalue weighted by Gasteiger charge is 2.42. The number of carbonyl (C=O) groups excluding carboxylic acids is 2. The molecule has 2 aliphatic carbocycles. The highest BCUT2D eigenvalue weighted by atomic mass is 19.1. The largest absolute Gasteiger partial charge is 0.462 e. The first-order valence-corrected chi connectivity index (χ1v) is 7.77. The fourth-order valence-corrected chi connectivity index (χ4v) is 3.22. The molecule has 0 bridgehead atoms. The van der Waals surface area contributed by atoms with Crippen molar-refractivity contribution in [1.29, 1.82) is 0 Å². The summed E-state index contributed by atoms with van der Waals surface area (Å²) in [5.41, 5.74) is -0.286. The first kappa shape index (κ1) is 16.3. The number of ether oxygens (including phenoxy) is 1. The number of hydrogen-bond donors (Lipinski definition) is 0. The zero-order valence-corrected chi connectivity index (χ0v) is 13.3. The lowest BCUT2D eigenvalue weighted by molar-refractivity contribution is -0.387. The van der Waals surface area contributed by atoms with Gasteiger partial charge in [-0.05, 0) is 43.7 Å². The van der Waals surface area contributed by atoms with Crippen molar-refractivity contribution in [3.05, 3.63) is 50.3 Å². The molecule has 0 aliphatic heterocycles. The molecule has 0 N–H and O–H groups in total. The molecule has 6 nitrogen and oxygen atoms in total. The van der Waals surface area contributed by atoms with E-state index in [4.69, 9.17) is 4.74 Å². The second-order valence-corrected chi connectivity index (χ2v) is 6.05. The molecule has 1 aromatic rings.